The highest BCUT2D eigenvalue weighted by Crippen LogP contribution is 2.30. The van der Waals surface area contributed by atoms with Gasteiger partial charge >= 0.3 is 0 Å². The molecule has 0 aromatic heterocycles. The van der Waals surface area contributed by atoms with Gasteiger partial charge in [-0.3, -0.25) is 4.79 Å². The van der Waals surface area contributed by atoms with Crippen molar-refractivity contribution in [1.29, 1.82) is 0 Å². The van der Waals surface area contributed by atoms with Gasteiger partial charge in [-0.15, -0.1) is 0 Å². The molecule has 1 N–H and O–H groups in total. The number of benzene rings is 3. The lowest BCUT2D eigenvalue weighted by molar-refractivity contribution is -0.121. The van der Waals surface area contributed by atoms with E-state index in [9.17, 15) is 13.2 Å². The second kappa shape index (κ2) is 12.4. The summed E-state index contributed by atoms with van der Waals surface area (Å²) in [6, 6.07) is 24.3. The summed E-state index contributed by atoms with van der Waals surface area (Å²) in [5, 5.41) is 3.18. The monoisotopic (exact) mass is 520 g/mol. The number of para-hydroxylation sites is 1. The highest BCUT2D eigenvalue weighted by atomic mass is 32.2. The summed E-state index contributed by atoms with van der Waals surface area (Å²) < 4.78 is 34.4. The number of aryl methyl sites for hydroxylation is 1. The molecule has 1 fully saturated rings. The molecular formula is C30H36N2O4S. The number of methoxy groups -OCH3 is 1. The molecule has 3 aromatic carbocycles. The van der Waals surface area contributed by atoms with E-state index in [1.807, 2.05) is 61.5 Å². The van der Waals surface area contributed by atoms with Crippen molar-refractivity contribution >= 4 is 15.9 Å². The van der Waals surface area contributed by atoms with Gasteiger partial charge in [0.15, 0.2) is 0 Å². The zero-order valence-electron chi connectivity index (χ0n) is 21.6. The Balaban J connectivity index is 1.40. The minimum absolute atomic E-state index is 0.0387. The summed E-state index contributed by atoms with van der Waals surface area (Å²) >= 11 is 0. The van der Waals surface area contributed by atoms with Crippen LogP contribution in [0.1, 0.15) is 42.4 Å². The molecule has 0 heterocycles. The number of carbonyl (C=O) groups is 1. The van der Waals surface area contributed by atoms with Gasteiger partial charge in [-0.05, 0) is 62.3 Å². The number of amides is 1. The Morgan fingerprint density at radius 1 is 0.919 bits per heavy atom. The van der Waals surface area contributed by atoms with Gasteiger partial charge in [-0.25, -0.2) is 8.42 Å². The molecule has 1 aliphatic carbocycles. The van der Waals surface area contributed by atoms with Gasteiger partial charge in [-0.2, -0.15) is 4.31 Å². The summed E-state index contributed by atoms with van der Waals surface area (Å²) in [7, 11) is -2.09. The van der Waals surface area contributed by atoms with E-state index in [0.717, 1.165) is 36.8 Å². The molecule has 0 aliphatic heterocycles. The third-order valence-electron chi connectivity index (χ3n) is 7.08. The predicted octanol–water partition coefficient (Wildman–Crippen LogP) is 5.11. The van der Waals surface area contributed by atoms with E-state index in [1.54, 1.807) is 35.7 Å². The van der Waals surface area contributed by atoms with Crippen LogP contribution in [0.4, 0.5) is 0 Å². The molecule has 6 nitrogen and oxygen atoms in total. The Morgan fingerprint density at radius 2 is 1.57 bits per heavy atom. The van der Waals surface area contributed by atoms with Crippen LogP contribution in [-0.4, -0.2) is 38.3 Å². The standard InChI is InChI=1S/C30H36N2O4S/c1-23-12-14-24(15-13-23)20-30(33)31-27-18-16-25(17-19-27)21-32(22-26-8-6-7-11-29(26)36-2)37(34,35)28-9-4-3-5-10-28/h3-15,25,27H,16-22H2,1-2H3,(H,31,33). The van der Waals surface area contributed by atoms with E-state index in [-0.39, 0.29) is 24.4 Å². The van der Waals surface area contributed by atoms with Crippen molar-refractivity contribution in [2.75, 3.05) is 13.7 Å². The van der Waals surface area contributed by atoms with E-state index in [2.05, 4.69) is 5.32 Å². The molecule has 0 spiro atoms. The van der Waals surface area contributed by atoms with E-state index in [0.29, 0.717) is 23.6 Å². The maximum Gasteiger partial charge on any atom is 0.243 e. The normalized spacial score (nSPS) is 17.9. The number of ether oxygens (including phenoxy) is 1. The van der Waals surface area contributed by atoms with Crippen LogP contribution in [0.25, 0.3) is 0 Å². The van der Waals surface area contributed by atoms with Gasteiger partial charge in [0.05, 0.1) is 18.4 Å². The number of rotatable bonds is 10. The molecule has 1 amide bonds. The van der Waals surface area contributed by atoms with E-state index >= 15 is 0 Å². The van der Waals surface area contributed by atoms with Crippen molar-refractivity contribution in [3.63, 3.8) is 0 Å². The van der Waals surface area contributed by atoms with Crippen LogP contribution in [0.15, 0.2) is 83.8 Å². The smallest absolute Gasteiger partial charge is 0.243 e. The summed E-state index contributed by atoms with van der Waals surface area (Å²) in [6.07, 6.45) is 3.79. The second-order valence-electron chi connectivity index (χ2n) is 9.87. The fraction of sp³-hybridized carbons (Fsp3) is 0.367. The molecule has 196 valence electrons. The maximum atomic E-state index is 13.6. The minimum Gasteiger partial charge on any atom is -0.496 e. The molecule has 1 aliphatic rings. The van der Waals surface area contributed by atoms with Crippen molar-refractivity contribution in [3.05, 3.63) is 95.6 Å². The van der Waals surface area contributed by atoms with Crippen LogP contribution >= 0.6 is 0 Å². The summed E-state index contributed by atoms with van der Waals surface area (Å²) in [4.78, 5) is 12.9. The van der Waals surface area contributed by atoms with Gasteiger partial charge < -0.3 is 10.1 Å². The van der Waals surface area contributed by atoms with Gasteiger partial charge in [0.2, 0.25) is 15.9 Å². The number of hydrogen-bond donors (Lipinski definition) is 1. The minimum atomic E-state index is -3.69. The number of sulfonamides is 1. The lowest BCUT2D eigenvalue weighted by Crippen LogP contribution is -2.41. The molecule has 0 bridgehead atoms. The third kappa shape index (κ3) is 7.21. The first-order valence-electron chi connectivity index (χ1n) is 12.9. The van der Waals surface area contributed by atoms with Crippen LogP contribution in [0.3, 0.4) is 0 Å². The van der Waals surface area contributed by atoms with Crippen molar-refractivity contribution in [3.8, 4) is 5.75 Å². The number of hydrogen-bond acceptors (Lipinski definition) is 4. The molecule has 7 heteroatoms. The van der Waals surface area contributed by atoms with Gasteiger partial charge in [-0.1, -0.05) is 66.2 Å². The van der Waals surface area contributed by atoms with Gasteiger partial charge in [0, 0.05) is 24.7 Å². The zero-order chi connectivity index (χ0) is 26.3. The molecular weight excluding hydrogens is 484 g/mol. The van der Waals surface area contributed by atoms with Crippen molar-refractivity contribution in [2.45, 2.75) is 56.5 Å². The van der Waals surface area contributed by atoms with Gasteiger partial charge in [0.25, 0.3) is 0 Å². The van der Waals surface area contributed by atoms with E-state index in [4.69, 9.17) is 4.74 Å². The van der Waals surface area contributed by atoms with E-state index in [1.165, 1.54) is 5.56 Å². The number of carbonyl (C=O) groups excluding carboxylic acids is 1. The second-order valence-corrected chi connectivity index (χ2v) is 11.8. The van der Waals surface area contributed by atoms with E-state index < -0.39 is 10.0 Å². The summed E-state index contributed by atoms with van der Waals surface area (Å²) in [5.74, 6) is 0.936. The largest absolute Gasteiger partial charge is 0.496 e. The van der Waals surface area contributed by atoms with Crippen LogP contribution < -0.4 is 10.1 Å². The van der Waals surface area contributed by atoms with Crippen molar-refractivity contribution < 1.29 is 17.9 Å². The molecule has 0 radical (unpaired) electrons. The quantitative estimate of drug-likeness (QED) is 0.403. The Labute approximate surface area is 220 Å². The predicted molar refractivity (Wildman–Crippen MR) is 146 cm³/mol. The fourth-order valence-electron chi connectivity index (χ4n) is 4.96. The molecule has 4 rings (SSSR count). The highest BCUT2D eigenvalue weighted by molar-refractivity contribution is 7.89. The summed E-state index contributed by atoms with van der Waals surface area (Å²) in [6.45, 7) is 2.71. The average Bonchev–Trinajstić information content (AvgIpc) is 2.91. The Hall–Kier alpha value is -3.16. The van der Waals surface area contributed by atoms with Crippen LogP contribution in [0.2, 0.25) is 0 Å². The molecule has 3 aromatic rings. The molecule has 1 saturated carbocycles. The van der Waals surface area contributed by atoms with Gasteiger partial charge in [0.1, 0.15) is 5.75 Å². The Kier molecular flexibility index (Phi) is 9.00. The lowest BCUT2D eigenvalue weighted by atomic mass is 9.86. The third-order valence-corrected chi connectivity index (χ3v) is 8.91. The number of nitrogens with one attached hydrogen (secondary N) is 1. The van der Waals surface area contributed by atoms with Crippen LogP contribution in [0.5, 0.6) is 5.75 Å². The first-order valence-corrected chi connectivity index (χ1v) is 14.3. The SMILES string of the molecule is COc1ccccc1CN(CC1CCC(NC(=O)Cc2ccc(C)cc2)CC1)S(=O)(=O)c1ccccc1. The van der Waals surface area contributed by atoms with Crippen LogP contribution in [0, 0.1) is 12.8 Å². The zero-order valence-corrected chi connectivity index (χ0v) is 22.4. The fourth-order valence-corrected chi connectivity index (χ4v) is 6.48. The Morgan fingerprint density at radius 3 is 2.24 bits per heavy atom. The first kappa shape index (κ1) is 26.9. The number of nitrogens with zero attached hydrogens (tertiary/aromatic N) is 1. The molecule has 0 unspecified atom stereocenters. The molecule has 0 saturated heterocycles. The lowest BCUT2D eigenvalue weighted by Gasteiger charge is -2.33. The summed E-state index contributed by atoms with van der Waals surface area (Å²) in [5.41, 5.74) is 3.02. The van der Waals surface area contributed by atoms with Crippen molar-refractivity contribution in [1.82, 2.24) is 9.62 Å². The first-order chi connectivity index (χ1) is 17.8. The highest BCUT2D eigenvalue weighted by Gasteiger charge is 2.30. The average molecular weight is 521 g/mol. The molecule has 37 heavy (non-hydrogen) atoms. The topological polar surface area (TPSA) is 75.7 Å². The Bertz CT molecular complexity index is 1270. The van der Waals surface area contributed by atoms with Crippen LogP contribution in [-0.2, 0) is 27.8 Å². The van der Waals surface area contributed by atoms with Crippen molar-refractivity contribution in [2.24, 2.45) is 5.92 Å². The molecule has 0 atom stereocenters. The maximum absolute atomic E-state index is 13.6.